The molecule has 0 spiro atoms. The molecule has 17 heavy (non-hydrogen) atoms. The van der Waals surface area contributed by atoms with Gasteiger partial charge in [0.05, 0.1) is 11.5 Å². The van der Waals surface area contributed by atoms with Gasteiger partial charge in [-0.2, -0.15) is 0 Å². The average molecular weight is 230 g/mol. The summed E-state index contributed by atoms with van der Waals surface area (Å²) in [6.45, 7) is 0. The molecule has 2 aromatic carbocycles. The lowest BCUT2D eigenvalue weighted by Gasteiger charge is -2.04. The van der Waals surface area contributed by atoms with Crippen LogP contribution in [0.3, 0.4) is 0 Å². The molecule has 0 unspecified atom stereocenters. The summed E-state index contributed by atoms with van der Waals surface area (Å²) in [5, 5.41) is 11.5. The molecular weight excluding hydrogens is 223 g/mol. The van der Waals surface area contributed by atoms with Crippen molar-refractivity contribution in [2.24, 2.45) is 0 Å². The van der Waals surface area contributed by atoms with E-state index in [1.165, 1.54) is 18.2 Å². The van der Waals surface area contributed by atoms with Crippen LogP contribution in [0.5, 0.6) is 5.75 Å². The average Bonchev–Trinajstić information content (AvgIpc) is 2.28. The Balaban J connectivity index is 2.60. The normalized spacial score (nSPS) is 11.1. The summed E-state index contributed by atoms with van der Waals surface area (Å²) in [4.78, 5) is 11.1. The van der Waals surface area contributed by atoms with Crippen LogP contribution in [-0.2, 0) is 0 Å². The molecule has 1 aromatic heterocycles. The molecule has 3 nitrogen and oxygen atoms in total. The van der Waals surface area contributed by atoms with Crippen molar-refractivity contribution in [3.05, 3.63) is 52.6 Å². The summed E-state index contributed by atoms with van der Waals surface area (Å²) in [6.07, 6.45) is 0. The molecule has 0 atom stereocenters. The molecule has 1 N–H and O–H groups in total. The molecule has 84 valence electrons. The van der Waals surface area contributed by atoms with Gasteiger partial charge in [0.25, 0.3) is 0 Å². The zero-order valence-electron chi connectivity index (χ0n) is 8.61. The highest BCUT2D eigenvalue weighted by atomic mass is 19.1. The standard InChI is InChI=1S/C13H7FO3/c14-8-2-3-9-7(5-8)1-4-11-13(9)10(15)6-12(16)17-11/h1-6,15H. The van der Waals surface area contributed by atoms with E-state index >= 15 is 0 Å². The predicted molar refractivity (Wildman–Crippen MR) is 61.6 cm³/mol. The Morgan fingerprint density at radius 3 is 2.76 bits per heavy atom. The van der Waals surface area contributed by atoms with E-state index in [4.69, 9.17) is 4.42 Å². The molecule has 1 heterocycles. The first-order chi connectivity index (χ1) is 8.15. The van der Waals surface area contributed by atoms with Gasteiger partial charge in [-0.1, -0.05) is 12.1 Å². The molecule has 3 aromatic rings. The summed E-state index contributed by atoms with van der Waals surface area (Å²) in [5.41, 5.74) is -0.328. The van der Waals surface area contributed by atoms with Crippen LogP contribution in [0.1, 0.15) is 0 Å². The van der Waals surface area contributed by atoms with Gasteiger partial charge in [-0.25, -0.2) is 9.18 Å². The van der Waals surface area contributed by atoms with E-state index in [1.807, 2.05) is 0 Å². The Bertz CT molecular complexity index is 790. The van der Waals surface area contributed by atoms with Gasteiger partial charge in [-0.15, -0.1) is 0 Å². The SMILES string of the molecule is O=c1cc(O)c2c(ccc3cc(F)ccc32)o1. The van der Waals surface area contributed by atoms with E-state index in [9.17, 15) is 14.3 Å². The van der Waals surface area contributed by atoms with Crippen molar-refractivity contribution >= 4 is 21.7 Å². The highest BCUT2D eigenvalue weighted by Gasteiger charge is 2.08. The minimum atomic E-state index is -0.614. The number of rotatable bonds is 0. The second kappa shape index (κ2) is 3.31. The lowest BCUT2D eigenvalue weighted by atomic mass is 10.1. The Labute approximate surface area is 94.7 Å². The summed E-state index contributed by atoms with van der Waals surface area (Å²) >= 11 is 0. The molecular formula is C13H7FO3. The number of benzene rings is 2. The first kappa shape index (κ1) is 9.84. The second-order valence-electron chi connectivity index (χ2n) is 3.75. The van der Waals surface area contributed by atoms with Crippen LogP contribution in [0.4, 0.5) is 4.39 Å². The fourth-order valence-electron chi connectivity index (χ4n) is 1.95. The minimum Gasteiger partial charge on any atom is -0.507 e. The van der Waals surface area contributed by atoms with E-state index in [2.05, 4.69) is 0 Å². The van der Waals surface area contributed by atoms with E-state index in [0.29, 0.717) is 16.2 Å². The number of fused-ring (bicyclic) bond motifs is 3. The Morgan fingerprint density at radius 2 is 1.94 bits per heavy atom. The van der Waals surface area contributed by atoms with Crippen molar-refractivity contribution in [3.63, 3.8) is 0 Å². The van der Waals surface area contributed by atoms with Gasteiger partial charge >= 0.3 is 5.63 Å². The smallest absolute Gasteiger partial charge is 0.339 e. The predicted octanol–water partition coefficient (Wildman–Crippen LogP) is 2.79. The molecule has 0 aliphatic carbocycles. The van der Waals surface area contributed by atoms with E-state index < -0.39 is 5.63 Å². The molecule has 0 saturated carbocycles. The first-order valence-electron chi connectivity index (χ1n) is 5.00. The Morgan fingerprint density at radius 1 is 1.12 bits per heavy atom. The third-order valence-electron chi connectivity index (χ3n) is 2.66. The number of hydrogen-bond acceptors (Lipinski definition) is 3. The molecule has 3 rings (SSSR count). The maximum atomic E-state index is 13.1. The van der Waals surface area contributed by atoms with Crippen LogP contribution in [0.15, 0.2) is 45.6 Å². The third-order valence-corrected chi connectivity index (χ3v) is 2.66. The van der Waals surface area contributed by atoms with Crippen LogP contribution >= 0.6 is 0 Å². The van der Waals surface area contributed by atoms with Gasteiger partial charge < -0.3 is 9.52 Å². The van der Waals surface area contributed by atoms with Crippen molar-refractivity contribution in [1.82, 2.24) is 0 Å². The topological polar surface area (TPSA) is 50.4 Å². The van der Waals surface area contributed by atoms with Crippen LogP contribution < -0.4 is 5.63 Å². The van der Waals surface area contributed by atoms with Gasteiger partial charge in [0.15, 0.2) is 0 Å². The Hall–Kier alpha value is -2.36. The summed E-state index contributed by atoms with van der Waals surface area (Å²) < 4.78 is 18.0. The lowest BCUT2D eigenvalue weighted by Crippen LogP contribution is -1.95. The Kier molecular flexibility index (Phi) is 1.92. The summed E-state index contributed by atoms with van der Waals surface area (Å²) in [7, 11) is 0. The molecule has 0 bridgehead atoms. The fraction of sp³-hybridized carbons (Fsp3) is 0. The lowest BCUT2D eigenvalue weighted by molar-refractivity contribution is 0.468. The zero-order valence-corrected chi connectivity index (χ0v) is 8.61. The summed E-state index contributed by atoms with van der Waals surface area (Å²) in [5.74, 6) is -0.512. The van der Waals surface area contributed by atoms with Crippen molar-refractivity contribution in [2.45, 2.75) is 0 Å². The molecule has 0 fully saturated rings. The molecule has 4 heteroatoms. The van der Waals surface area contributed by atoms with E-state index in [-0.39, 0.29) is 17.1 Å². The fourth-order valence-corrected chi connectivity index (χ4v) is 1.95. The van der Waals surface area contributed by atoms with Crippen molar-refractivity contribution in [2.75, 3.05) is 0 Å². The highest BCUT2D eigenvalue weighted by Crippen LogP contribution is 2.31. The van der Waals surface area contributed by atoms with Gasteiger partial charge in [-0.3, -0.25) is 0 Å². The number of hydrogen-bond donors (Lipinski definition) is 1. The van der Waals surface area contributed by atoms with Crippen LogP contribution in [-0.4, -0.2) is 5.11 Å². The van der Waals surface area contributed by atoms with E-state index in [0.717, 1.165) is 6.07 Å². The quantitative estimate of drug-likeness (QED) is 0.477. The third kappa shape index (κ3) is 1.45. The van der Waals surface area contributed by atoms with Crippen LogP contribution in [0.2, 0.25) is 0 Å². The number of halogens is 1. The van der Waals surface area contributed by atoms with Crippen molar-refractivity contribution < 1.29 is 13.9 Å². The first-order valence-corrected chi connectivity index (χ1v) is 5.00. The minimum absolute atomic E-state index is 0.159. The molecule has 0 aliphatic rings. The monoisotopic (exact) mass is 230 g/mol. The zero-order chi connectivity index (χ0) is 12.0. The van der Waals surface area contributed by atoms with Gasteiger partial charge in [0, 0.05) is 0 Å². The maximum absolute atomic E-state index is 13.1. The summed E-state index contributed by atoms with van der Waals surface area (Å²) in [6, 6.07) is 8.39. The van der Waals surface area contributed by atoms with Gasteiger partial charge in [0.2, 0.25) is 0 Å². The largest absolute Gasteiger partial charge is 0.507 e. The van der Waals surface area contributed by atoms with Crippen molar-refractivity contribution in [3.8, 4) is 5.75 Å². The van der Waals surface area contributed by atoms with E-state index in [1.54, 1.807) is 12.1 Å². The van der Waals surface area contributed by atoms with Crippen LogP contribution in [0.25, 0.3) is 21.7 Å². The van der Waals surface area contributed by atoms with Crippen LogP contribution in [0, 0.1) is 5.82 Å². The molecule has 0 saturated heterocycles. The van der Waals surface area contributed by atoms with Gasteiger partial charge in [0.1, 0.15) is 17.1 Å². The maximum Gasteiger partial charge on any atom is 0.339 e. The number of aromatic hydroxyl groups is 1. The molecule has 0 radical (unpaired) electrons. The second-order valence-corrected chi connectivity index (χ2v) is 3.75. The highest BCUT2D eigenvalue weighted by molar-refractivity contribution is 6.08. The molecule has 0 amide bonds. The molecule has 0 aliphatic heterocycles. The van der Waals surface area contributed by atoms with Gasteiger partial charge in [-0.05, 0) is 29.0 Å². The van der Waals surface area contributed by atoms with Crippen molar-refractivity contribution in [1.29, 1.82) is 0 Å².